The normalized spacial score (nSPS) is 15.8. The Kier molecular flexibility index (Phi) is 1.89. The van der Waals surface area contributed by atoms with Crippen molar-refractivity contribution in [3.05, 3.63) is 46.2 Å². The molecule has 0 spiro atoms. The fraction of sp³-hybridized carbons (Fsp3) is 0. The van der Waals surface area contributed by atoms with Crippen LogP contribution in [0.25, 0.3) is 0 Å². The van der Waals surface area contributed by atoms with Crippen molar-refractivity contribution in [3.8, 4) is 0 Å². The van der Waals surface area contributed by atoms with Crippen molar-refractivity contribution in [1.29, 1.82) is 0 Å². The number of ketones is 2. The highest BCUT2D eigenvalue weighted by molar-refractivity contribution is 6.49. The Hall–Kier alpha value is -1.61. The molecule has 1 aliphatic carbocycles. The van der Waals surface area contributed by atoms with E-state index in [-0.39, 0.29) is 11.1 Å². The average Bonchev–Trinajstić information content (AvgIpc) is 2.23. The first kappa shape index (κ1) is 8.97. The Balaban J connectivity index is 2.73. The van der Waals surface area contributed by atoms with E-state index in [1.54, 1.807) is 12.1 Å². The predicted octanol–water partition coefficient (Wildman–Crippen LogP) is 2.07. The van der Waals surface area contributed by atoms with E-state index in [1.165, 1.54) is 12.1 Å². The molecule has 0 radical (unpaired) electrons. The lowest BCUT2D eigenvalue weighted by Gasteiger charge is -2.12. The second-order valence-corrected chi connectivity index (χ2v) is 3.24. The third kappa shape index (κ3) is 1.06. The van der Waals surface area contributed by atoms with Gasteiger partial charge in [-0.1, -0.05) is 35.9 Å². The van der Waals surface area contributed by atoms with Crippen molar-refractivity contribution < 1.29 is 14.7 Å². The number of Topliss-reactive ketones (excluding diaryl/α,β-unsaturated/α-hetero) is 2. The Morgan fingerprint density at radius 2 is 1.50 bits per heavy atom. The summed E-state index contributed by atoms with van der Waals surface area (Å²) in [5.74, 6) is -1.79. The van der Waals surface area contributed by atoms with Crippen LogP contribution in [0.5, 0.6) is 0 Å². The van der Waals surface area contributed by atoms with Gasteiger partial charge in [0.25, 0.3) is 0 Å². The van der Waals surface area contributed by atoms with Gasteiger partial charge >= 0.3 is 0 Å². The van der Waals surface area contributed by atoms with E-state index >= 15 is 0 Å². The second kappa shape index (κ2) is 2.96. The third-order valence-electron chi connectivity index (χ3n) is 2.04. The zero-order chi connectivity index (χ0) is 10.3. The van der Waals surface area contributed by atoms with Crippen molar-refractivity contribution in [3.63, 3.8) is 0 Å². The van der Waals surface area contributed by atoms with E-state index < -0.39 is 22.4 Å². The Bertz CT molecular complexity index is 431. The summed E-state index contributed by atoms with van der Waals surface area (Å²) in [5, 5.41) is 8.83. The summed E-state index contributed by atoms with van der Waals surface area (Å²) in [7, 11) is 0. The van der Waals surface area contributed by atoms with E-state index in [1.807, 2.05) is 0 Å². The van der Waals surface area contributed by atoms with Gasteiger partial charge in [0.15, 0.2) is 5.76 Å². The molecule has 0 aliphatic heterocycles. The largest absolute Gasteiger partial charge is 0.503 e. The quantitative estimate of drug-likeness (QED) is 0.710. The van der Waals surface area contributed by atoms with Crippen LogP contribution in [0.2, 0.25) is 0 Å². The van der Waals surface area contributed by atoms with Gasteiger partial charge in [-0.25, -0.2) is 0 Å². The highest BCUT2D eigenvalue weighted by Gasteiger charge is 2.30. The molecule has 14 heavy (non-hydrogen) atoms. The summed E-state index contributed by atoms with van der Waals surface area (Å²) >= 11 is 5.50. The summed E-state index contributed by atoms with van der Waals surface area (Å²) in [6, 6.07) is 6.24. The van der Waals surface area contributed by atoms with E-state index in [4.69, 9.17) is 11.6 Å². The first-order chi connectivity index (χ1) is 6.63. The maximum Gasteiger partial charge on any atom is 0.229 e. The number of benzene rings is 1. The lowest BCUT2D eigenvalue weighted by atomic mass is 9.94. The monoisotopic (exact) mass is 208 g/mol. The maximum absolute atomic E-state index is 11.5. The third-order valence-corrected chi connectivity index (χ3v) is 2.39. The highest BCUT2D eigenvalue weighted by atomic mass is 35.5. The summed E-state index contributed by atoms with van der Waals surface area (Å²) in [6.07, 6.45) is 0. The molecule has 0 heterocycles. The second-order valence-electron chi connectivity index (χ2n) is 2.87. The zero-order valence-electron chi connectivity index (χ0n) is 6.95. The van der Waals surface area contributed by atoms with Gasteiger partial charge in [0, 0.05) is 11.1 Å². The van der Waals surface area contributed by atoms with E-state index in [9.17, 15) is 14.7 Å². The minimum absolute atomic E-state index is 0.194. The topological polar surface area (TPSA) is 54.4 Å². The van der Waals surface area contributed by atoms with Gasteiger partial charge < -0.3 is 5.11 Å². The molecule has 4 heteroatoms. The summed E-state index contributed by atoms with van der Waals surface area (Å²) in [6.45, 7) is 0. The molecule has 0 amide bonds. The Labute approximate surface area is 84.6 Å². The van der Waals surface area contributed by atoms with Crippen LogP contribution in [0.4, 0.5) is 0 Å². The van der Waals surface area contributed by atoms with Gasteiger partial charge in [0.2, 0.25) is 11.6 Å². The molecule has 2 rings (SSSR count). The smallest absolute Gasteiger partial charge is 0.229 e. The van der Waals surface area contributed by atoms with Gasteiger partial charge in [-0.15, -0.1) is 0 Å². The number of aliphatic hydroxyl groups is 1. The summed E-state index contributed by atoms with van der Waals surface area (Å²) in [5.41, 5.74) is 0.430. The summed E-state index contributed by atoms with van der Waals surface area (Å²) < 4.78 is 0. The minimum atomic E-state index is -0.671. The molecule has 0 saturated carbocycles. The number of fused-ring (bicyclic) bond motifs is 1. The molecule has 0 bridgehead atoms. The standard InChI is InChI=1S/C10H5ClO3/c11-7-8(12)5-3-1-2-4-6(5)9(13)10(7)14/h1-4,14H. The first-order valence-corrected chi connectivity index (χ1v) is 4.28. The molecule has 0 fully saturated rings. The minimum Gasteiger partial charge on any atom is -0.503 e. The number of carbonyl (C=O) groups is 2. The number of rotatable bonds is 0. The first-order valence-electron chi connectivity index (χ1n) is 3.90. The van der Waals surface area contributed by atoms with Crippen LogP contribution in [0, 0.1) is 0 Å². The fourth-order valence-electron chi connectivity index (χ4n) is 1.33. The van der Waals surface area contributed by atoms with Crippen LogP contribution >= 0.6 is 11.6 Å². The molecule has 1 aliphatic rings. The van der Waals surface area contributed by atoms with Gasteiger partial charge in [-0.05, 0) is 0 Å². The van der Waals surface area contributed by atoms with E-state index in [2.05, 4.69) is 0 Å². The van der Waals surface area contributed by atoms with Crippen LogP contribution in [0.3, 0.4) is 0 Å². The Morgan fingerprint density at radius 1 is 1.00 bits per heavy atom. The molecule has 1 aromatic rings. The van der Waals surface area contributed by atoms with Crippen LogP contribution in [-0.4, -0.2) is 16.7 Å². The molecule has 0 atom stereocenters. The number of aliphatic hydroxyl groups excluding tert-OH is 1. The molecule has 1 N–H and O–H groups in total. The van der Waals surface area contributed by atoms with Gasteiger partial charge in [-0.3, -0.25) is 9.59 Å². The van der Waals surface area contributed by atoms with Crippen LogP contribution in [-0.2, 0) is 0 Å². The van der Waals surface area contributed by atoms with Crippen LogP contribution in [0.15, 0.2) is 35.1 Å². The molecular formula is C10H5ClO3. The molecule has 0 aromatic heterocycles. The van der Waals surface area contributed by atoms with E-state index in [0.29, 0.717) is 0 Å². The molecule has 1 aromatic carbocycles. The lowest BCUT2D eigenvalue weighted by molar-refractivity contribution is 0.0935. The SMILES string of the molecule is O=C1C(O)=C(Cl)C(=O)c2ccccc21. The van der Waals surface area contributed by atoms with Crippen molar-refractivity contribution in [2.45, 2.75) is 0 Å². The van der Waals surface area contributed by atoms with Crippen molar-refractivity contribution in [1.82, 2.24) is 0 Å². The molecule has 70 valence electrons. The maximum atomic E-state index is 11.5. The number of carbonyl (C=O) groups excluding carboxylic acids is 2. The lowest BCUT2D eigenvalue weighted by Crippen LogP contribution is -2.19. The molecule has 0 saturated heterocycles. The van der Waals surface area contributed by atoms with Crippen LogP contribution < -0.4 is 0 Å². The van der Waals surface area contributed by atoms with Crippen molar-refractivity contribution >= 4 is 23.2 Å². The summed E-state index contributed by atoms with van der Waals surface area (Å²) in [4.78, 5) is 22.9. The fourth-order valence-corrected chi connectivity index (χ4v) is 1.52. The Morgan fingerprint density at radius 3 is 2.07 bits per heavy atom. The molecular weight excluding hydrogens is 204 g/mol. The van der Waals surface area contributed by atoms with Crippen molar-refractivity contribution in [2.75, 3.05) is 0 Å². The van der Waals surface area contributed by atoms with Gasteiger partial charge in [0.05, 0.1) is 0 Å². The number of halogens is 1. The van der Waals surface area contributed by atoms with Crippen LogP contribution in [0.1, 0.15) is 20.7 Å². The number of hydrogen-bond donors (Lipinski definition) is 1. The predicted molar refractivity (Wildman–Crippen MR) is 50.6 cm³/mol. The van der Waals surface area contributed by atoms with Gasteiger partial charge in [-0.2, -0.15) is 0 Å². The van der Waals surface area contributed by atoms with E-state index in [0.717, 1.165) is 0 Å². The highest BCUT2D eigenvalue weighted by Crippen LogP contribution is 2.26. The zero-order valence-corrected chi connectivity index (χ0v) is 7.71. The average molecular weight is 209 g/mol. The van der Waals surface area contributed by atoms with Crippen molar-refractivity contribution in [2.24, 2.45) is 0 Å². The number of hydrogen-bond acceptors (Lipinski definition) is 3. The number of allylic oxidation sites excluding steroid dienone is 2. The molecule has 0 unspecified atom stereocenters. The molecule has 3 nitrogen and oxygen atoms in total. The van der Waals surface area contributed by atoms with Gasteiger partial charge in [0.1, 0.15) is 5.03 Å².